The van der Waals surface area contributed by atoms with Gasteiger partial charge in [0, 0.05) is 0 Å². The molecule has 0 radical (unpaired) electrons. The van der Waals surface area contributed by atoms with Crippen LogP contribution in [0.4, 0.5) is 0 Å². The van der Waals surface area contributed by atoms with Gasteiger partial charge in [-0.1, -0.05) is 30.3 Å². The molecule has 5 atom stereocenters. The van der Waals surface area contributed by atoms with Crippen molar-refractivity contribution < 1.29 is 14.0 Å². The zero-order valence-corrected chi connectivity index (χ0v) is 13.3. The van der Waals surface area contributed by atoms with Crippen molar-refractivity contribution in [3.63, 3.8) is 0 Å². The zero-order valence-electron chi connectivity index (χ0n) is 13.3. The molecule has 3 fully saturated rings. The molecule has 5 rings (SSSR count). The largest absolute Gasteiger partial charge is 0.467 e. The second-order valence-corrected chi connectivity index (χ2v) is 7.31. The van der Waals surface area contributed by atoms with Gasteiger partial charge in [-0.2, -0.15) is 0 Å². The van der Waals surface area contributed by atoms with Crippen molar-refractivity contribution in [2.45, 2.75) is 25.3 Å². The number of furan rings is 1. The van der Waals surface area contributed by atoms with E-state index < -0.39 is 0 Å². The summed E-state index contributed by atoms with van der Waals surface area (Å²) < 4.78 is 5.33. The summed E-state index contributed by atoms with van der Waals surface area (Å²) in [7, 11) is 0. The first kappa shape index (κ1) is 14.0. The Labute approximate surface area is 140 Å². The molecule has 122 valence electrons. The van der Waals surface area contributed by atoms with Crippen LogP contribution < -0.4 is 0 Å². The van der Waals surface area contributed by atoms with Crippen LogP contribution in [-0.4, -0.2) is 16.7 Å². The molecule has 1 aliphatic heterocycles. The zero-order chi connectivity index (χ0) is 16.3. The molecule has 0 unspecified atom stereocenters. The number of imide groups is 1. The summed E-state index contributed by atoms with van der Waals surface area (Å²) in [6.45, 7) is 0.271. The standard InChI is InChI=1S/C20H19NO3/c22-19-17-13-9-15(12-5-2-1-3-6-12)16(10-13)18(17)20(23)21(19)11-14-7-4-8-24-14/h1-8,13,15-18H,9-11H2/t13-,15+,16-,17+,18+/m0/s1. The van der Waals surface area contributed by atoms with E-state index in [2.05, 4.69) is 24.3 Å². The first-order valence-corrected chi connectivity index (χ1v) is 8.66. The maximum absolute atomic E-state index is 13.0. The van der Waals surface area contributed by atoms with Crippen LogP contribution in [0, 0.1) is 23.7 Å². The predicted octanol–water partition coefficient (Wildman–Crippen LogP) is 3.20. The Kier molecular flexibility index (Phi) is 2.96. The Balaban J connectivity index is 1.43. The molecule has 2 saturated carbocycles. The van der Waals surface area contributed by atoms with E-state index in [4.69, 9.17) is 4.42 Å². The number of hydrogen-bond donors (Lipinski definition) is 0. The Morgan fingerprint density at radius 2 is 1.75 bits per heavy atom. The fourth-order valence-corrected chi connectivity index (χ4v) is 5.32. The molecular weight excluding hydrogens is 302 g/mol. The van der Waals surface area contributed by atoms with Crippen molar-refractivity contribution in [2.75, 3.05) is 0 Å². The Morgan fingerprint density at radius 1 is 0.958 bits per heavy atom. The van der Waals surface area contributed by atoms with E-state index in [-0.39, 0.29) is 30.2 Å². The summed E-state index contributed by atoms with van der Waals surface area (Å²) in [6.07, 6.45) is 3.63. The normalized spacial score (nSPS) is 34.2. The fraction of sp³-hybridized carbons (Fsp3) is 0.400. The number of carbonyl (C=O) groups excluding carboxylic acids is 2. The van der Waals surface area contributed by atoms with Gasteiger partial charge in [0.15, 0.2) is 0 Å². The number of hydrogen-bond acceptors (Lipinski definition) is 3. The van der Waals surface area contributed by atoms with Crippen LogP contribution in [0.25, 0.3) is 0 Å². The highest BCUT2D eigenvalue weighted by molar-refractivity contribution is 6.06. The maximum atomic E-state index is 13.0. The Hall–Kier alpha value is -2.36. The van der Waals surface area contributed by atoms with Crippen molar-refractivity contribution in [2.24, 2.45) is 23.7 Å². The first-order chi connectivity index (χ1) is 11.7. The van der Waals surface area contributed by atoms with Gasteiger partial charge in [0.05, 0.1) is 24.6 Å². The average Bonchev–Trinajstić information content (AvgIpc) is 3.37. The molecule has 2 aliphatic carbocycles. The summed E-state index contributed by atoms with van der Waals surface area (Å²) in [4.78, 5) is 27.2. The van der Waals surface area contributed by atoms with Crippen LogP contribution in [0.3, 0.4) is 0 Å². The van der Waals surface area contributed by atoms with Gasteiger partial charge < -0.3 is 4.42 Å². The lowest BCUT2D eigenvalue weighted by molar-refractivity contribution is -0.141. The minimum Gasteiger partial charge on any atom is -0.467 e. The van der Waals surface area contributed by atoms with Gasteiger partial charge in [0.25, 0.3) is 0 Å². The molecule has 1 aromatic heterocycles. The minimum atomic E-state index is -0.128. The van der Waals surface area contributed by atoms with Gasteiger partial charge in [-0.3, -0.25) is 14.5 Å². The highest BCUT2D eigenvalue weighted by Crippen LogP contribution is 2.61. The van der Waals surface area contributed by atoms with Gasteiger partial charge in [-0.05, 0) is 48.3 Å². The third-order valence-corrected chi connectivity index (χ3v) is 6.23. The van der Waals surface area contributed by atoms with E-state index in [9.17, 15) is 9.59 Å². The van der Waals surface area contributed by atoms with E-state index >= 15 is 0 Å². The topological polar surface area (TPSA) is 50.5 Å². The quantitative estimate of drug-likeness (QED) is 0.816. The molecule has 2 aromatic rings. The van der Waals surface area contributed by atoms with Crippen molar-refractivity contribution >= 4 is 11.8 Å². The van der Waals surface area contributed by atoms with Crippen molar-refractivity contribution in [1.29, 1.82) is 0 Å². The molecule has 4 nitrogen and oxygen atoms in total. The minimum absolute atomic E-state index is 0.00883. The molecule has 4 heteroatoms. The Morgan fingerprint density at radius 3 is 2.50 bits per heavy atom. The van der Waals surface area contributed by atoms with Gasteiger partial charge in [-0.25, -0.2) is 0 Å². The summed E-state index contributed by atoms with van der Waals surface area (Å²) in [5.41, 5.74) is 1.31. The van der Waals surface area contributed by atoms with E-state index in [0.717, 1.165) is 12.8 Å². The number of carbonyl (C=O) groups is 2. The van der Waals surface area contributed by atoms with Gasteiger partial charge in [0.1, 0.15) is 5.76 Å². The van der Waals surface area contributed by atoms with E-state index in [1.54, 1.807) is 12.3 Å². The van der Waals surface area contributed by atoms with Crippen LogP contribution in [0.1, 0.15) is 30.1 Å². The van der Waals surface area contributed by atoms with E-state index in [1.165, 1.54) is 10.5 Å². The molecule has 1 saturated heterocycles. The third-order valence-electron chi connectivity index (χ3n) is 6.23. The summed E-state index contributed by atoms with van der Waals surface area (Å²) in [5.74, 6) is 1.54. The van der Waals surface area contributed by atoms with Crippen molar-refractivity contribution in [3.8, 4) is 0 Å². The SMILES string of the molecule is O=C1[C@@H]2[C@@H]3C[C@H]([C@H]2C(=O)N1Cc1ccco1)[C@@H](c1ccccc1)C3. The molecule has 0 N–H and O–H groups in total. The smallest absolute Gasteiger partial charge is 0.233 e. The molecule has 2 bridgehead atoms. The highest BCUT2D eigenvalue weighted by Gasteiger charge is 2.63. The number of fused-ring (bicyclic) bond motifs is 5. The lowest BCUT2D eigenvalue weighted by Crippen LogP contribution is -2.32. The second-order valence-electron chi connectivity index (χ2n) is 7.31. The first-order valence-electron chi connectivity index (χ1n) is 8.66. The lowest BCUT2D eigenvalue weighted by atomic mass is 9.73. The molecule has 1 aromatic carbocycles. The van der Waals surface area contributed by atoms with Crippen LogP contribution in [-0.2, 0) is 16.1 Å². The number of amides is 2. The molecular formula is C20H19NO3. The average molecular weight is 321 g/mol. The summed E-state index contributed by atoms with van der Waals surface area (Å²) in [6, 6.07) is 14.1. The molecule has 24 heavy (non-hydrogen) atoms. The second kappa shape index (κ2) is 5.07. The number of nitrogens with zero attached hydrogens (tertiary/aromatic N) is 1. The number of likely N-dealkylation sites (tertiary alicyclic amines) is 1. The van der Waals surface area contributed by atoms with Crippen molar-refractivity contribution in [1.82, 2.24) is 4.90 Å². The summed E-state index contributed by atoms with van der Waals surface area (Å²) in [5, 5.41) is 0. The molecule has 3 aliphatic rings. The van der Waals surface area contributed by atoms with Crippen LogP contribution in [0.2, 0.25) is 0 Å². The fourth-order valence-electron chi connectivity index (χ4n) is 5.32. The lowest BCUT2D eigenvalue weighted by Gasteiger charge is -2.28. The van der Waals surface area contributed by atoms with Crippen molar-refractivity contribution in [3.05, 3.63) is 60.1 Å². The number of benzene rings is 1. The highest BCUT2D eigenvalue weighted by atomic mass is 16.3. The predicted molar refractivity (Wildman–Crippen MR) is 86.6 cm³/mol. The van der Waals surface area contributed by atoms with E-state index in [1.807, 2.05) is 12.1 Å². The molecule has 2 heterocycles. The monoisotopic (exact) mass is 321 g/mol. The maximum Gasteiger partial charge on any atom is 0.233 e. The molecule has 2 amide bonds. The van der Waals surface area contributed by atoms with Crippen LogP contribution in [0.15, 0.2) is 53.1 Å². The van der Waals surface area contributed by atoms with Gasteiger partial charge in [0.2, 0.25) is 11.8 Å². The van der Waals surface area contributed by atoms with Crippen LogP contribution in [0.5, 0.6) is 0 Å². The van der Waals surface area contributed by atoms with Gasteiger partial charge in [-0.15, -0.1) is 0 Å². The third kappa shape index (κ3) is 1.86. The van der Waals surface area contributed by atoms with E-state index in [0.29, 0.717) is 23.5 Å². The Bertz CT molecular complexity index is 782. The van der Waals surface area contributed by atoms with Crippen LogP contribution >= 0.6 is 0 Å². The number of rotatable bonds is 3. The summed E-state index contributed by atoms with van der Waals surface area (Å²) >= 11 is 0. The van der Waals surface area contributed by atoms with Gasteiger partial charge >= 0.3 is 0 Å². The molecule has 0 spiro atoms.